The lowest BCUT2D eigenvalue weighted by Crippen LogP contribution is -2.39. The molecule has 11 heteroatoms. The van der Waals surface area contributed by atoms with Crippen molar-refractivity contribution in [2.75, 3.05) is 23.3 Å². The molecule has 1 aliphatic carbocycles. The number of amides is 4. The first kappa shape index (κ1) is 38.3. The van der Waals surface area contributed by atoms with Crippen LogP contribution in [0.3, 0.4) is 0 Å². The third-order valence-electron chi connectivity index (χ3n) is 8.22. The van der Waals surface area contributed by atoms with Crippen molar-refractivity contribution in [3.8, 4) is 0 Å². The van der Waals surface area contributed by atoms with E-state index < -0.39 is 23.4 Å². The molecule has 0 saturated carbocycles. The summed E-state index contributed by atoms with van der Waals surface area (Å²) in [5, 5.41) is 6.25. The fourth-order valence-corrected chi connectivity index (χ4v) is 5.82. The van der Waals surface area contributed by atoms with Gasteiger partial charge in [-0.25, -0.2) is 14.6 Å². The van der Waals surface area contributed by atoms with Gasteiger partial charge in [0.1, 0.15) is 11.2 Å². The zero-order valence-corrected chi connectivity index (χ0v) is 31.6. The minimum absolute atomic E-state index is 0.123. The molecule has 3 aromatic carbocycles. The van der Waals surface area contributed by atoms with E-state index in [0.29, 0.717) is 51.6 Å². The lowest BCUT2D eigenvalue weighted by molar-refractivity contribution is 0.0541. The Morgan fingerprint density at radius 1 is 0.849 bits per heavy atom. The summed E-state index contributed by atoms with van der Waals surface area (Å²) in [5.41, 5.74) is 5.13. The number of benzene rings is 3. The molecule has 11 nitrogen and oxygen atoms in total. The van der Waals surface area contributed by atoms with Crippen LogP contribution in [-0.4, -0.2) is 58.9 Å². The molecule has 0 aromatic heterocycles. The lowest BCUT2D eigenvalue weighted by Gasteiger charge is -2.29. The molecule has 2 N–H and O–H groups in total. The second kappa shape index (κ2) is 15.3. The average molecular weight is 718 g/mol. The summed E-state index contributed by atoms with van der Waals surface area (Å²) >= 11 is 0. The highest BCUT2D eigenvalue weighted by Gasteiger charge is 2.35. The molecule has 276 valence electrons. The number of nitrogens with zero attached hydrogens (tertiary/aromatic N) is 3. The monoisotopic (exact) mass is 717 g/mol. The van der Waals surface area contributed by atoms with Gasteiger partial charge in [-0.1, -0.05) is 36.9 Å². The van der Waals surface area contributed by atoms with Gasteiger partial charge < -0.3 is 14.8 Å². The third-order valence-corrected chi connectivity index (χ3v) is 8.22. The molecular formula is C42H47N5O6. The fourth-order valence-electron chi connectivity index (χ4n) is 5.82. The number of rotatable bonds is 9. The molecule has 53 heavy (non-hydrogen) atoms. The molecule has 3 aromatic rings. The number of aliphatic imine (C=N–C) groups is 1. The molecular weight excluding hydrogens is 670 g/mol. The normalized spacial score (nSPS) is 15.1. The predicted octanol–water partition coefficient (Wildman–Crippen LogP) is 9.16. The highest BCUT2D eigenvalue weighted by Crippen LogP contribution is 2.37. The number of carbonyl (C=O) groups is 4. The van der Waals surface area contributed by atoms with Crippen LogP contribution in [0.5, 0.6) is 0 Å². The van der Waals surface area contributed by atoms with E-state index >= 15 is 0 Å². The number of nitrogens with one attached hydrogen (secondary N) is 2. The lowest BCUT2D eigenvalue weighted by atomic mass is 9.99. The molecule has 0 bridgehead atoms. The molecule has 0 unspecified atom stereocenters. The van der Waals surface area contributed by atoms with Crippen LogP contribution in [0.1, 0.15) is 81.2 Å². The van der Waals surface area contributed by atoms with E-state index in [1.165, 1.54) is 9.80 Å². The Labute approximate surface area is 311 Å². The smallest absolute Gasteiger partial charge is 0.414 e. The zero-order valence-electron chi connectivity index (χ0n) is 31.6. The molecule has 0 radical (unpaired) electrons. The number of fused-ring (bicyclic) bond motifs is 1. The van der Waals surface area contributed by atoms with Crippen molar-refractivity contribution in [2.45, 2.75) is 73.0 Å². The fraction of sp³-hybridized carbons (Fsp3) is 0.310. The Hall–Kier alpha value is -5.97. The minimum atomic E-state index is -0.779. The highest BCUT2D eigenvalue weighted by atomic mass is 16.6. The van der Waals surface area contributed by atoms with Crippen LogP contribution in [0.25, 0.3) is 0 Å². The Morgan fingerprint density at radius 2 is 1.45 bits per heavy atom. The largest absolute Gasteiger partial charge is 0.444 e. The SMILES string of the molecule is C=C1C=C(NC(=O)OC(C)(C)C)C(C)=CC1=Nc1cc(C)c(N(CCCN2C(=O)c3ccccc3C2=O)C(=O)OC(C)(C)C)cc1Nc1ccccc1. The van der Waals surface area contributed by atoms with Crippen LogP contribution < -0.4 is 15.5 Å². The maximum atomic E-state index is 13.8. The summed E-state index contributed by atoms with van der Waals surface area (Å²) in [6.45, 7) is 19.0. The first-order valence-electron chi connectivity index (χ1n) is 17.5. The molecule has 0 fully saturated rings. The Kier molecular flexibility index (Phi) is 11.1. The number of hydrogen-bond donors (Lipinski definition) is 2. The van der Waals surface area contributed by atoms with Crippen molar-refractivity contribution in [2.24, 2.45) is 4.99 Å². The average Bonchev–Trinajstić information content (AvgIpc) is 3.30. The van der Waals surface area contributed by atoms with E-state index in [-0.39, 0.29) is 24.9 Å². The number of hydrogen-bond acceptors (Lipinski definition) is 8. The zero-order chi connectivity index (χ0) is 38.7. The molecule has 1 heterocycles. The first-order valence-corrected chi connectivity index (χ1v) is 17.5. The van der Waals surface area contributed by atoms with Crippen molar-refractivity contribution >= 4 is 52.5 Å². The molecule has 1 aliphatic heterocycles. The number of alkyl carbamates (subject to hydrolysis) is 1. The van der Waals surface area contributed by atoms with E-state index in [0.717, 1.165) is 16.8 Å². The number of para-hydroxylation sites is 1. The van der Waals surface area contributed by atoms with Crippen LogP contribution in [0, 0.1) is 6.92 Å². The molecule has 4 amide bonds. The number of ether oxygens (including phenoxy) is 2. The minimum Gasteiger partial charge on any atom is -0.444 e. The Bertz CT molecular complexity index is 2010. The van der Waals surface area contributed by atoms with Crippen molar-refractivity contribution in [1.82, 2.24) is 10.2 Å². The van der Waals surface area contributed by atoms with Crippen molar-refractivity contribution in [3.63, 3.8) is 0 Å². The maximum Gasteiger partial charge on any atom is 0.414 e. The predicted molar refractivity (Wildman–Crippen MR) is 208 cm³/mol. The van der Waals surface area contributed by atoms with Crippen LogP contribution in [0.15, 0.2) is 107 Å². The second-order valence-electron chi connectivity index (χ2n) is 15.0. The van der Waals surface area contributed by atoms with Crippen molar-refractivity contribution in [3.05, 3.63) is 119 Å². The van der Waals surface area contributed by atoms with Gasteiger partial charge in [-0.15, -0.1) is 0 Å². The maximum absolute atomic E-state index is 13.8. The summed E-state index contributed by atoms with van der Waals surface area (Å²) in [6, 6.07) is 20.1. The standard InChI is InChI=1S/C42H47N5O6/c1-26-23-33(45-39(50)52-41(4,5)6)27(2)22-32(26)44-34-24-28(3)36(25-35(34)43-29-16-11-10-12-17-29)46(40(51)53-42(7,8)9)20-15-21-47-37(48)30-18-13-14-19-31(30)38(47)49/h10-14,16-19,22-25,43H,1,15,20-21H2,2-9H3,(H,45,50). The van der Waals surface area contributed by atoms with Gasteiger partial charge in [-0.05, 0) is 127 Å². The van der Waals surface area contributed by atoms with Crippen LogP contribution in [0.4, 0.5) is 32.3 Å². The molecule has 2 aliphatic rings. The topological polar surface area (TPSA) is 130 Å². The van der Waals surface area contributed by atoms with E-state index in [1.807, 2.05) is 62.4 Å². The molecule has 0 atom stereocenters. The summed E-state index contributed by atoms with van der Waals surface area (Å²) in [6.07, 6.45) is 2.77. The van der Waals surface area contributed by atoms with E-state index in [4.69, 9.17) is 14.5 Å². The van der Waals surface area contributed by atoms with Crippen molar-refractivity contribution < 1.29 is 28.7 Å². The van der Waals surface area contributed by atoms with Gasteiger partial charge >= 0.3 is 12.2 Å². The highest BCUT2D eigenvalue weighted by molar-refractivity contribution is 6.21. The second-order valence-corrected chi connectivity index (χ2v) is 15.0. The van der Waals surface area contributed by atoms with E-state index in [1.54, 1.807) is 71.9 Å². The third kappa shape index (κ3) is 9.48. The van der Waals surface area contributed by atoms with Gasteiger partial charge in [0.05, 0.1) is 33.9 Å². The quantitative estimate of drug-likeness (QED) is 0.211. The van der Waals surface area contributed by atoms with E-state index in [2.05, 4.69) is 17.2 Å². The summed E-state index contributed by atoms with van der Waals surface area (Å²) in [5.74, 6) is -0.695. The number of anilines is 3. The van der Waals surface area contributed by atoms with Crippen LogP contribution >= 0.6 is 0 Å². The first-order chi connectivity index (χ1) is 24.9. The molecule has 5 rings (SSSR count). The van der Waals surface area contributed by atoms with Gasteiger partial charge in [-0.2, -0.15) is 0 Å². The number of allylic oxidation sites excluding steroid dienone is 4. The summed E-state index contributed by atoms with van der Waals surface area (Å²) in [7, 11) is 0. The molecule has 0 saturated heterocycles. The van der Waals surface area contributed by atoms with Crippen molar-refractivity contribution in [1.29, 1.82) is 0 Å². The van der Waals surface area contributed by atoms with Gasteiger partial charge in [0.25, 0.3) is 11.8 Å². The van der Waals surface area contributed by atoms with Crippen LogP contribution in [-0.2, 0) is 9.47 Å². The number of aryl methyl sites for hydroxylation is 1. The van der Waals surface area contributed by atoms with Crippen LogP contribution in [0.2, 0.25) is 0 Å². The summed E-state index contributed by atoms with van der Waals surface area (Å²) < 4.78 is 11.3. The van der Waals surface area contributed by atoms with Gasteiger partial charge in [0.15, 0.2) is 0 Å². The Morgan fingerprint density at radius 3 is 2.06 bits per heavy atom. The number of imide groups is 1. The van der Waals surface area contributed by atoms with Gasteiger partial charge in [0, 0.05) is 24.5 Å². The van der Waals surface area contributed by atoms with Gasteiger partial charge in [0.2, 0.25) is 0 Å². The Balaban J connectivity index is 1.47. The molecule has 0 spiro atoms. The summed E-state index contributed by atoms with van der Waals surface area (Å²) in [4.78, 5) is 60.2. The van der Waals surface area contributed by atoms with Gasteiger partial charge in [-0.3, -0.25) is 24.7 Å². The number of carbonyl (C=O) groups excluding carboxylic acids is 4. The van der Waals surface area contributed by atoms with E-state index in [9.17, 15) is 19.2 Å².